The number of ether oxygens (including phenoxy) is 1. The average Bonchev–Trinajstić information content (AvgIpc) is 2.56. The molecule has 2 rings (SSSR count). The summed E-state index contributed by atoms with van der Waals surface area (Å²) >= 11 is 0. The van der Waals surface area contributed by atoms with Gasteiger partial charge in [-0.2, -0.15) is 22.0 Å². The van der Waals surface area contributed by atoms with E-state index in [2.05, 4.69) is 9.97 Å². The fourth-order valence-corrected chi connectivity index (χ4v) is 3.00. The summed E-state index contributed by atoms with van der Waals surface area (Å²) in [7, 11) is -4.13. The Morgan fingerprint density at radius 3 is 2.35 bits per heavy atom. The first-order valence-electron chi connectivity index (χ1n) is 7.21. The highest BCUT2D eigenvalue weighted by molar-refractivity contribution is 7.91. The molecule has 0 aliphatic carbocycles. The standard InChI is InChI=1S/C15H13F5N2O3S/c1-2-26(23,24)12-7-10(25-13-5-3-4-6-21-13)9-22-11(12)8-14(16,17)15(18,19)20/h3-7,9H,2,8H2,1H3. The predicted octanol–water partition coefficient (Wildman–Crippen LogP) is 3.80. The van der Waals surface area contributed by atoms with Crippen LogP contribution < -0.4 is 4.74 Å². The molecule has 0 radical (unpaired) electrons. The van der Waals surface area contributed by atoms with E-state index in [1.54, 1.807) is 12.1 Å². The topological polar surface area (TPSA) is 69.2 Å². The lowest BCUT2D eigenvalue weighted by Gasteiger charge is -2.20. The molecule has 0 bridgehead atoms. The van der Waals surface area contributed by atoms with Crippen molar-refractivity contribution in [2.24, 2.45) is 0 Å². The van der Waals surface area contributed by atoms with E-state index in [4.69, 9.17) is 4.74 Å². The number of rotatable bonds is 6. The Balaban J connectivity index is 2.46. The van der Waals surface area contributed by atoms with Crippen LogP contribution in [0.1, 0.15) is 12.6 Å². The van der Waals surface area contributed by atoms with Crippen LogP contribution in [-0.4, -0.2) is 36.2 Å². The van der Waals surface area contributed by atoms with E-state index < -0.39 is 44.7 Å². The van der Waals surface area contributed by atoms with Crippen LogP contribution in [0.25, 0.3) is 0 Å². The molecule has 0 aliphatic rings. The lowest BCUT2D eigenvalue weighted by atomic mass is 10.1. The highest BCUT2D eigenvalue weighted by Gasteiger charge is 2.57. The molecule has 0 aliphatic heterocycles. The Morgan fingerprint density at radius 1 is 1.12 bits per heavy atom. The van der Waals surface area contributed by atoms with Gasteiger partial charge in [-0.3, -0.25) is 4.98 Å². The maximum absolute atomic E-state index is 13.3. The summed E-state index contributed by atoms with van der Waals surface area (Å²) in [5.74, 6) is -5.72. The molecular formula is C15H13F5N2O3S. The van der Waals surface area contributed by atoms with Crippen LogP contribution in [0.5, 0.6) is 11.6 Å². The first kappa shape index (κ1) is 20.0. The highest BCUT2D eigenvalue weighted by atomic mass is 32.2. The van der Waals surface area contributed by atoms with Crippen molar-refractivity contribution in [1.82, 2.24) is 9.97 Å². The third kappa shape index (κ3) is 4.45. The molecule has 0 N–H and O–H groups in total. The second kappa shape index (κ2) is 7.14. The van der Waals surface area contributed by atoms with Crippen LogP contribution in [-0.2, 0) is 16.3 Å². The Hall–Kier alpha value is -2.30. The molecule has 0 aromatic carbocycles. The molecule has 0 unspecified atom stereocenters. The molecule has 2 aromatic rings. The fourth-order valence-electron chi connectivity index (χ4n) is 1.91. The minimum absolute atomic E-state index is 0.0718. The maximum Gasteiger partial charge on any atom is 0.453 e. The van der Waals surface area contributed by atoms with Crippen LogP contribution >= 0.6 is 0 Å². The van der Waals surface area contributed by atoms with Gasteiger partial charge in [-0.05, 0) is 6.07 Å². The van der Waals surface area contributed by atoms with Gasteiger partial charge in [0.2, 0.25) is 5.88 Å². The average molecular weight is 396 g/mol. The Morgan fingerprint density at radius 2 is 1.81 bits per heavy atom. The van der Waals surface area contributed by atoms with Gasteiger partial charge in [-0.25, -0.2) is 13.4 Å². The summed E-state index contributed by atoms with van der Waals surface area (Å²) < 4.78 is 93.5. The van der Waals surface area contributed by atoms with Crippen molar-refractivity contribution in [2.75, 3.05) is 5.75 Å². The van der Waals surface area contributed by atoms with Crippen molar-refractivity contribution in [3.8, 4) is 11.6 Å². The van der Waals surface area contributed by atoms with Gasteiger partial charge >= 0.3 is 12.1 Å². The van der Waals surface area contributed by atoms with Crippen molar-refractivity contribution in [1.29, 1.82) is 0 Å². The van der Waals surface area contributed by atoms with E-state index in [0.717, 1.165) is 12.3 Å². The maximum atomic E-state index is 13.3. The Bertz CT molecular complexity index is 871. The van der Waals surface area contributed by atoms with Gasteiger partial charge in [0.25, 0.3) is 0 Å². The van der Waals surface area contributed by atoms with E-state index in [9.17, 15) is 30.4 Å². The van der Waals surface area contributed by atoms with E-state index >= 15 is 0 Å². The lowest BCUT2D eigenvalue weighted by Crippen LogP contribution is -2.39. The van der Waals surface area contributed by atoms with Gasteiger partial charge in [0.15, 0.2) is 9.84 Å². The summed E-state index contributed by atoms with van der Waals surface area (Å²) in [5.41, 5.74) is -0.887. The van der Waals surface area contributed by atoms with Gasteiger partial charge in [-0.15, -0.1) is 0 Å². The van der Waals surface area contributed by atoms with E-state index in [1.165, 1.54) is 19.2 Å². The van der Waals surface area contributed by atoms with Crippen molar-refractivity contribution >= 4 is 9.84 Å². The molecular weight excluding hydrogens is 383 g/mol. The summed E-state index contributed by atoms with van der Waals surface area (Å²) in [6.07, 6.45) is -5.46. The van der Waals surface area contributed by atoms with Gasteiger partial charge < -0.3 is 4.74 Å². The molecule has 0 atom stereocenters. The van der Waals surface area contributed by atoms with Crippen LogP contribution in [0.15, 0.2) is 41.6 Å². The summed E-state index contributed by atoms with van der Waals surface area (Å²) in [6.45, 7) is 1.23. The summed E-state index contributed by atoms with van der Waals surface area (Å²) in [6, 6.07) is 5.49. The van der Waals surface area contributed by atoms with E-state index in [-0.39, 0.29) is 11.6 Å². The molecule has 2 aromatic heterocycles. The van der Waals surface area contributed by atoms with Gasteiger partial charge in [0, 0.05) is 18.3 Å². The molecule has 5 nitrogen and oxygen atoms in total. The third-order valence-electron chi connectivity index (χ3n) is 3.28. The van der Waals surface area contributed by atoms with E-state index in [1.807, 2.05) is 0 Å². The zero-order valence-electron chi connectivity index (χ0n) is 13.3. The number of hydrogen-bond acceptors (Lipinski definition) is 5. The van der Waals surface area contributed by atoms with Crippen molar-refractivity contribution in [2.45, 2.75) is 30.3 Å². The zero-order valence-corrected chi connectivity index (χ0v) is 14.1. The van der Waals surface area contributed by atoms with E-state index in [0.29, 0.717) is 0 Å². The number of sulfone groups is 1. The largest absolute Gasteiger partial charge is 0.453 e. The fraction of sp³-hybridized carbons (Fsp3) is 0.333. The second-order valence-corrected chi connectivity index (χ2v) is 7.41. The smallest absolute Gasteiger partial charge is 0.437 e. The number of pyridine rings is 2. The molecule has 0 saturated heterocycles. The predicted molar refractivity (Wildman–Crippen MR) is 81.0 cm³/mol. The van der Waals surface area contributed by atoms with Crippen LogP contribution in [0.2, 0.25) is 0 Å². The summed E-state index contributed by atoms with van der Waals surface area (Å²) in [4.78, 5) is 6.57. The number of hydrogen-bond donors (Lipinski definition) is 0. The third-order valence-corrected chi connectivity index (χ3v) is 5.07. The summed E-state index contributed by atoms with van der Waals surface area (Å²) in [5, 5.41) is 0. The quantitative estimate of drug-likeness (QED) is 0.695. The molecule has 0 spiro atoms. The van der Waals surface area contributed by atoms with Gasteiger partial charge in [0.1, 0.15) is 5.75 Å². The highest BCUT2D eigenvalue weighted by Crippen LogP contribution is 2.39. The van der Waals surface area contributed by atoms with Crippen LogP contribution in [0.3, 0.4) is 0 Å². The first-order chi connectivity index (χ1) is 12.0. The van der Waals surface area contributed by atoms with Crippen molar-refractivity contribution in [3.05, 3.63) is 42.4 Å². The minimum Gasteiger partial charge on any atom is -0.437 e. The van der Waals surface area contributed by atoms with Crippen LogP contribution in [0, 0.1) is 0 Å². The minimum atomic E-state index is -5.83. The second-order valence-electron chi connectivity index (χ2n) is 5.17. The Labute approximate surface area is 145 Å². The number of aromatic nitrogens is 2. The molecule has 26 heavy (non-hydrogen) atoms. The lowest BCUT2D eigenvalue weighted by molar-refractivity contribution is -0.281. The van der Waals surface area contributed by atoms with Gasteiger partial charge in [0.05, 0.1) is 29.0 Å². The molecule has 0 amide bonds. The molecule has 142 valence electrons. The van der Waals surface area contributed by atoms with Gasteiger partial charge in [-0.1, -0.05) is 13.0 Å². The van der Waals surface area contributed by atoms with Crippen molar-refractivity contribution in [3.63, 3.8) is 0 Å². The first-order valence-corrected chi connectivity index (χ1v) is 8.86. The molecule has 0 fully saturated rings. The SMILES string of the molecule is CCS(=O)(=O)c1cc(Oc2ccccn2)cnc1CC(F)(F)C(F)(F)F. The van der Waals surface area contributed by atoms with Crippen molar-refractivity contribution < 1.29 is 35.1 Å². The number of nitrogens with zero attached hydrogens (tertiary/aromatic N) is 2. The Kier molecular flexibility index (Phi) is 5.49. The molecule has 0 saturated carbocycles. The monoisotopic (exact) mass is 396 g/mol. The zero-order chi connectivity index (χ0) is 19.6. The number of halogens is 5. The normalized spacial score (nSPS) is 12.8. The number of alkyl halides is 5. The molecule has 2 heterocycles. The van der Waals surface area contributed by atoms with Crippen LogP contribution in [0.4, 0.5) is 22.0 Å². The molecule has 11 heteroatoms.